The summed E-state index contributed by atoms with van der Waals surface area (Å²) in [5, 5.41) is 6.81. The number of benzene rings is 2. The Kier molecular flexibility index (Phi) is 6.99. The van der Waals surface area contributed by atoms with Crippen molar-refractivity contribution in [1.82, 2.24) is 10.3 Å². The minimum absolute atomic E-state index is 0.0974. The lowest BCUT2D eigenvalue weighted by atomic mass is 10.1. The van der Waals surface area contributed by atoms with Crippen LogP contribution < -0.4 is 15.4 Å². The van der Waals surface area contributed by atoms with Crippen LogP contribution in [-0.2, 0) is 17.7 Å². The second kappa shape index (κ2) is 10.3. The van der Waals surface area contributed by atoms with Gasteiger partial charge in [0.25, 0.3) is 5.91 Å². The van der Waals surface area contributed by atoms with Crippen molar-refractivity contribution in [1.29, 1.82) is 0 Å². The molecule has 0 bridgehead atoms. The van der Waals surface area contributed by atoms with Gasteiger partial charge in [-0.15, -0.1) is 0 Å². The maximum absolute atomic E-state index is 15.1. The molecule has 6 nitrogen and oxygen atoms in total. The first-order valence-electron chi connectivity index (χ1n) is 11.7. The Morgan fingerprint density at radius 1 is 1.12 bits per heavy atom. The minimum atomic E-state index is -0.681. The maximum Gasteiger partial charge on any atom is 0.255 e. The standard InChI is InChI=1S/C26H28FN3O3S/c27-24-23(30-26(31)19-3-6-22(7-4-19)33-16-17-1-2-17)8-5-20-13-18(15-29-25(20)24)14-28-21-9-11-34(32)12-10-21/h3-8,13,15,17,21,28H,1-2,9-12,14,16H2,(H,30,31). The van der Waals surface area contributed by atoms with Gasteiger partial charge in [-0.3, -0.25) is 9.78 Å². The number of amides is 1. The molecule has 8 heteroatoms. The van der Waals surface area contributed by atoms with Crippen LogP contribution in [0, 0.1) is 11.7 Å². The van der Waals surface area contributed by atoms with Crippen LogP contribution in [0.1, 0.15) is 41.6 Å². The number of fused-ring (bicyclic) bond motifs is 1. The zero-order valence-corrected chi connectivity index (χ0v) is 19.7. The molecule has 0 unspecified atom stereocenters. The Morgan fingerprint density at radius 2 is 1.88 bits per heavy atom. The Labute approximate surface area is 201 Å². The Hall–Kier alpha value is -2.68. The molecule has 1 amide bonds. The van der Waals surface area contributed by atoms with Gasteiger partial charge in [-0.05, 0) is 60.7 Å². The van der Waals surface area contributed by atoms with Crippen molar-refractivity contribution < 1.29 is 18.5 Å². The first kappa shape index (κ1) is 23.1. The van der Waals surface area contributed by atoms with Gasteiger partial charge in [-0.1, -0.05) is 17.2 Å². The van der Waals surface area contributed by atoms with Crippen molar-refractivity contribution >= 4 is 33.7 Å². The summed E-state index contributed by atoms with van der Waals surface area (Å²) in [6.45, 7) is 1.34. The van der Waals surface area contributed by atoms with Crippen molar-refractivity contribution in [2.45, 2.75) is 38.3 Å². The molecule has 5 rings (SSSR count). The number of pyridine rings is 1. The maximum atomic E-state index is 15.1. The number of hydrogen-bond donors (Lipinski definition) is 2. The smallest absolute Gasteiger partial charge is 0.255 e. The summed E-state index contributed by atoms with van der Waals surface area (Å²) < 4.78 is 32.3. The zero-order chi connectivity index (χ0) is 23.5. The lowest BCUT2D eigenvalue weighted by Gasteiger charge is -2.25. The fraction of sp³-hybridized carbons (Fsp3) is 0.385. The van der Waals surface area contributed by atoms with Crippen molar-refractivity contribution in [2.75, 3.05) is 23.4 Å². The fourth-order valence-electron chi connectivity index (χ4n) is 4.06. The Morgan fingerprint density at radius 3 is 2.62 bits per heavy atom. The van der Waals surface area contributed by atoms with Gasteiger partial charge < -0.3 is 19.9 Å². The van der Waals surface area contributed by atoms with Crippen LogP contribution in [0.5, 0.6) is 5.75 Å². The first-order valence-corrected chi connectivity index (χ1v) is 13.2. The van der Waals surface area contributed by atoms with E-state index in [9.17, 15) is 9.35 Å². The second-order valence-corrected chi connectivity index (χ2v) is 10.8. The van der Waals surface area contributed by atoms with Crippen LogP contribution in [0.15, 0.2) is 48.7 Å². The summed E-state index contributed by atoms with van der Waals surface area (Å²) in [6.07, 6.45) is 5.90. The highest BCUT2D eigenvalue weighted by Crippen LogP contribution is 2.30. The van der Waals surface area contributed by atoms with E-state index >= 15 is 4.39 Å². The quantitative estimate of drug-likeness (QED) is 0.466. The van der Waals surface area contributed by atoms with Crippen LogP contribution in [0.3, 0.4) is 0 Å². The molecule has 178 valence electrons. The van der Waals surface area contributed by atoms with E-state index in [1.165, 1.54) is 12.8 Å². The molecule has 2 aromatic carbocycles. The number of carbonyl (C=O) groups excluding carboxylic acids is 1. The first-order chi connectivity index (χ1) is 16.5. The van der Waals surface area contributed by atoms with Crippen LogP contribution in [0.4, 0.5) is 10.1 Å². The summed E-state index contributed by atoms with van der Waals surface area (Å²) in [7, 11) is 0. The predicted molar refractivity (Wildman–Crippen MR) is 132 cm³/mol. The van der Waals surface area contributed by atoms with Crippen molar-refractivity contribution in [3.05, 3.63) is 65.6 Å². The highest BCUT2D eigenvalue weighted by Gasteiger charge is 2.22. The van der Waals surface area contributed by atoms with Gasteiger partial charge in [0.2, 0.25) is 0 Å². The third-order valence-corrected chi connectivity index (χ3v) is 7.76. The number of anilines is 1. The third kappa shape index (κ3) is 5.68. The highest BCUT2D eigenvalue weighted by atomic mass is 32.2. The zero-order valence-electron chi connectivity index (χ0n) is 18.9. The Bertz CT molecular complexity index is 1160. The molecule has 2 N–H and O–H groups in total. The molecule has 3 aromatic rings. The van der Waals surface area contributed by atoms with E-state index in [2.05, 4.69) is 15.6 Å². The van der Waals surface area contributed by atoms with Crippen LogP contribution in [-0.4, -0.2) is 39.6 Å². The van der Waals surface area contributed by atoms with E-state index < -0.39 is 17.0 Å². The van der Waals surface area contributed by atoms with E-state index in [0.29, 0.717) is 36.1 Å². The molecule has 1 saturated heterocycles. The van der Waals surface area contributed by atoms with Crippen molar-refractivity contribution in [2.24, 2.45) is 5.92 Å². The number of nitrogens with one attached hydrogen (secondary N) is 2. The predicted octanol–water partition coefficient (Wildman–Crippen LogP) is 4.42. The van der Waals surface area contributed by atoms with E-state index in [4.69, 9.17) is 4.74 Å². The summed E-state index contributed by atoms with van der Waals surface area (Å²) in [5.74, 6) is 1.93. The number of hydrogen-bond acceptors (Lipinski definition) is 5. The van der Waals surface area contributed by atoms with Gasteiger partial charge in [-0.2, -0.15) is 0 Å². The molecule has 34 heavy (non-hydrogen) atoms. The van der Waals surface area contributed by atoms with E-state index in [-0.39, 0.29) is 17.1 Å². The van der Waals surface area contributed by atoms with Gasteiger partial charge in [0.1, 0.15) is 22.8 Å². The summed E-state index contributed by atoms with van der Waals surface area (Å²) in [4.78, 5) is 17.0. The molecular weight excluding hydrogens is 453 g/mol. The highest BCUT2D eigenvalue weighted by molar-refractivity contribution is 7.91. The molecule has 2 heterocycles. The normalized spacial score (nSPS) is 20.3. The summed E-state index contributed by atoms with van der Waals surface area (Å²) in [6, 6.07) is 12.5. The number of ether oxygens (including phenoxy) is 1. The average molecular weight is 482 g/mol. The molecular formula is C26H28FN3O3S. The van der Waals surface area contributed by atoms with Gasteiger partial charge >= 0.3 is 0 Å². The largest absolute Gasteiger partial charge is 0.616 e. The number of carbonyl (C=O) groups is 1. The Balaban J connectivity index is 1.21. The number of rotatable bonds is 8. The number of nitrogens with zero attached hydrogens (tertiary/aromatic N) is 1. The van der Waals surface area contributed by atoms with Crippen LogP contribution >= 0.6 is 0 Å². The second-order valence-electron chi connectivity index (χ2n) is 9.08. The molecule has 1 saturated carbocycles. The molecule has 0 spiro atoms. The monoisotopic (exact) mass is 481 g/mol. The molecule has 0 atom stereocenters. The SMILES string of the molecule is O=C(Nc1ccc2cc(CNC3CC[S+]([O-])CC3)cnc2c1F)c1ccc(OCC2CC2)cc1. The van der Waals surface area contributed by atoms with Crippen molar-refractivity contribution in [3.63, 3.8) is 0 Å². The lowest BCUT2D eigenvalue weighted by Crippen LogP contribution is -2.37. The van der Waals surface area contributed by atoms with Gasteiger partial charge in [0.05, 0.1) is 12.3 Å². The topological polar surface area (TPSA) is 86.3 Å². The fourth-order valence-corrected chi connectivity index (χ4v) is 5.36. The molecule has 1 aromatic heterocycles. The molecule has 0 radical (unpaired) electrons. The van der Waals surface area contributed by atoms with Crippen LogP contribution in [0.25, 0.3) is 10.9 Å². The molecule has 1 aliphatic heterocycles. The van der Waals surface area contributed by atoms with Crippen molar-refractivity contribution in [3.8, 4) is 5.75 Å². The van der Waals surface area contributed by atoms with Gasteiger partial charge in [0, 0.05) is 42.6 Å². The van der Waals surface area contributed by atoms with Gasteiger partial charge in [0.15, 0.2) is 5.82 Å². The van der Waals surface area contributed by atoms with E-state index in [1.54, 1.807) is 42.6 Å². The van der Waals surface area contributed by atoms with Crippen LogP contribution in [0.2, 0.25) is 0 Å². The molecule has 2 fully saturated rings. The van der Waals surface area contributed by atoms with E-state index in [1.807, 2.05) is 6.07 Å². The average Bonchev–Trinajstić information content (AvgIpc) is 3.69. The summed E-state index contributed by atoms with van der Waals surface area (Å²) >= 11 is -0.681. The summed E-state index contributed by atoms with van der Waals surface area (Å²) in [5.41, 5.74) is 1.71. The molecule has 2 aliphatic rings. The minimum Gasteiger partial charge on any atom is -0.616 e. The third-order valence-electron chi connectivity index (χ3n) is 6.38. The number of aromatic nitrogens is 1. The number of halogens is 1. The molecule has 1 aliphatic carbocycles. The lowest BCUT2D eigenvalue weighted by molar-refractivity contribution is 0.102. The van der Waals surface area contributed by atoms with Gasteiger partial charge in [-0.25, -0.2) is 4.39 Å². The van der Waals surface area contributed by atoms with E-state index in [0.717, 1.165) is 35.7 Å².